The van der Waals surface area contributed by atoms with Crippen LogP contribution in [0, 0.1) is 11.8 Å². The van der Waals surface area contributed by atoms with E-state index in [0.29, 0.717) is 6.04 Å². The Kier molecular flexibility index (Phi) is 4.25. The topological polar surface area (TPSA) is 29.1 Å². The highest BCUT2D eigenvalue weighted by Gasteiger charge is 2.32. The van der Waals surface area contributed by atoms with Gasteiger partial charge in [0.15, 0.2) is 0 Å². The molecule has 0 spiro atoms. The van der Waals surface area contributed by atoms with E-state index in [2.05, 4.69) is 5.32 Å². The Labute approximate surface area is 99.2 Å². The number of rotatable bonds is 2. The fraction of sp³-hybridized carbons (Fsp3) is 0.929. The summed E-state index contributed by atoms with van der Waals surface area (Å²) in [6.07, 6.45) is 12.3. The van der Waals surface area contributed by atoms with Crippen molar-refractivity contribution in [3.63, 3.8) is 0 Å². The summed E-state index contributed by atoms with van der Waals surface area (Å²) in [6, 6.07) is 0.481. The van der Waals surface area contributed by atoms with E-state index in [-0.39, 0.29) is 5.91 Å². The van der Waals surface area contributed by atoms with Gasteiger partial charge in [0.25, 0.3) is 0 Å². The van der Waals surface area contributed by atoms with Crippen LogP contribution in [0.5, 0.6) is 0 Å². The number of hydrogen-bond donors (Lipinski definition) is 1. The third kappa shape index (κ3) is 2.99. The Morgan fingerprint density at radius 2 is 1.56 bits per heavy atom. The van der Waals surface area contributed by atoms with Crippen molar-refractivity contribution in [1.29, 1.82) is 0 Å². The first-order valence-corrected chi connectivity index (χ1v) is 7.04. The van der Waals surface area contributed by atoms with E-state index in [1.54, 1.807) is 6.92 Å². The second-order valence-corrected chi connectivity index (χ2v) is 5.65. The SMILES string of the molecule is CC(=O)N[C@@H]1CCCC[C@@H]1C1CCCCC1. The van der Waals surface area contributed by atoms with Crippen LogP contribution in [0.15, 0.2) is 0 Å². The molecule has 1 amide bonds. The molecular formula is C14H25NO. The second kappa shape index (κ2) is 5.70. The maximum atomic E-state index is 11.2. The van der Waals surface area contributed by atoms with Crippen LogP contribution in [-0.4, -0.2) is 11.9 Å². The van der Waals surface area contributed by atoms with Crippen LogP contribution < -0.4 is 5.32 Å². The summed E-state index contributed by atoms with van der Waals surface area (Å²) in [5, 5.41) is 3.19. The normalized spacial score (nSPS) is 32.3. The zero-order chi connectivity index (χ0) is 11.4. The maximum Gasteiger partial charge on any atom is 0.217 e. The van der Waals surface area contributed by atoms with Crippen molar-refractivity contribution < 1.29 is 4.79 Å². The van der Waals surface area contributed by atoms with Gasteiger partial charge in [0.05, 0.1) is 0 Å². The summed E-state index contributed by atoms with van der Waals surface area (Å²) in [4.78, 5) is 11.2. The van der Waals surface area contributed by atoms with Crippen molar-refractivity contribution in [3.05, 3.63) is 0 Å². The lowest BCUT2D eigenvalue weighted by Gasteiger charge is -2.39. The molecule has 2 saturated carbocycles. The fourth-order valence-electron chi connectivity index (χ4n) is 3.73. The molecule has 16 heavy (non-hydrogen) atoms. The summed E-state index contributed by atoms with van der Waals surface area (Å²) in [7, 11) is 0. The van der Waals surface area contributed by atoms with Crippen LogP contribution in [-0.2, 0) is 4.79 Å². The fourth-order valence-corrected chi connectivity index (χ4v) is 3.73. The molecule has 2 atom stereocenters. The number of carbonyl (C=O) groups is 1. The first-order chi connectivity index (χ1) is 7.77. The molecule has 0 aromatic heterocycles. The van der Waals surface area contributed by atoms with Crippen molar-refractivity contribution in [2.75, 3.05) is 0 Å². The van der Waals surface area contributed by atoms with Gasteiger partial charge in [-0.15, -0.1) is 0 Å². The zero-order valence-electron chi connectivity index (χ0n) is 10.5. The first kappa shape index (κ1) is 11.9. The highest BCUT2D eigenvalue weighted by atomic mass is 16.1. The lowest BCUT2D eigenvalue weighted by molar-refractivity contribution is -0.120. The average Bonchev–Trinajstić information content (AvgIpc) is 2.30. The van der Waals surface area contributed by atoms with Crippen LogP contribution in [0.4, 0.5) is 0 Å². The highest BCUT2D eigenvalue weighted by molar-refractivity contribution is 5.73. The van der Waals surface area contributed by atoms with Crippen LogP contribution in [0.2, 0.25) is 0 Å². The van der Waals surface area contributed by atoms with Gasteiger partial charge < -0.3 is 5.32 Å². The molecule has 2 aliphatic carbocycles. The largest absolute Gasteiger partial charge is 0.353 e. The van der Waals surface area contributed by atoms with Gasteiger partial charge in [-0.05, 0) is 24.7 Å². The van der Waals surface area contributed by atoms with E-state index >= 15 is 0 Å². The first-order valence-electron chi connectivity index (χ1n) is 7.04. The molecule has 2 aliphatic rings. The second-order valence-electron chi connectivity index (χ2n) is 5.65. The highest BCUT2D eigenvalue weighted by Crippen LogP contribution is 2.38. The number of amides is 1. The number of hydrogen-bond acceptors (Lipinski definition) is 1. The Bertz CT molecular complexity index is 233. The summed E-state index contributed by atoms with van der Waals surface area (Å²) in [5.74, 6) is 1.83. The standard InChI is InChI=1S/C14H25NO/c1-11(16)15-14-10-6-5-9-13(14)12-7-3-2-4-8-12/h12-14H,2-10H2,1H3,(H,15,16)/t13-,14-/m1/s1. The molecule has 0 aliphatic heterocycles. The van der Waals surface area contributed by atoms with Gasteiger partial charge in [-0.2, -0.15) is 0 Å². The third-order valence-electron chi connectivity index (χ3n) is 4.46. The van der Waals surface area contributed by atoms with E-state index in [1.165, 1.54) is 57.8 Å². The van der Waals surface area contributed by atoms with E-state index < -0.39 is 0 Å². The molecular weight excluding hydrogens is 198 g/mol. The van der Waals surface area contributed by atoms with Gasteiger partial charge in [0, 0.05) is 13.0 Å². The predicted molar refractivity (Wildman–Crippen MR) is 66.1 cm³/mol. The van der Waals surface area contributed by atoms with Crippen LogP contribution in [0.3, 0.4) is 0 Å². The zero-order valence-corrected chi connectivity index (χ0v) is 10.5. The van der Waals surface area contributed by atoms with Crippen molar-refractivity contribution >= 4 is 5.91 Å². The summed E-state index contributed by atoms with van der Waals surface area (Å²) in [6.45, 7) is 1.66. The lowest BCUT2D eigenvalue weighted by Crippen LogP contribution is -2.44. The van der Waals surface area contributed by atoms with E-state index in [4.69, 9.17) is 0 Å². The van der Waals surface area contributed by atoms with Crippen LogP contribution >= 0.6 is 0 Å². The summed E-state index contributed by atoms with van der Waals surface area (Å²) in [5.41, 5.74) is 0. The number of nitrogens with one attached hydrogen (secondary N) is 1. The molecule has 2 nitrogen and oxygen atoms in total. The molecule has 2 rings (SSSR count). The molecule has 0 saturated heterocycles. The molecule has 1 N–H and O–H groups in total. The van der Waals surface area contributed by atoms with Crippen molar-refractivity contribution in [2.24, 2.45) is 11.8 Å². The van der Waals surface area contributed by atoms with Crippen molar-refractivity contribution in [3.8, 4) is 0 Å². The maximum absolute atomic E-state index is 11.2. The minimum atomic E-state index is 0.160. The molecule has 0 aromatic rings. The average molecular weight is 223 g/mol. The van der Waals surface area contributed by atoms with Gasteiger partial charge in [0.2, 0.25) is 5.91 Å². The van der Waals surface area contributed by atoms with Gasteiger partial charge >= 0.3 is 0 Å². The Morgan fingerprint density at radius 1 is 0.938 bits per heavy atom. The molecule has 0 unspecified atom stereocenters. The van der Waals surface area contributed by atoms with Gasteiger partial charge in [-0.3, -0.25) is 4.79 Å². The lowest BCUT2D eigenvalue weighted by atomic mass is 9.71. The smallest absolute Gasteiger partial charge is 0.217 e. The monoisotopic (exact) mass is 223 g/mol. The quantitative estimate of drug-likeness (QED) is 0.765. The third-order valence-corrected chi connectivity index (χ3v) is 4.46. The molecule has 0 aromatic carbocycles. The van der Waals surface area contributed by atoms with Crippen molar-refractivity contribution in [1.82, 2.24) is 5.32 Å². The van der Waals surface area contributed by atoms with E-state index in [0.717, 1.165) is 11.8 Å². The van der Waals surface area contributed by atoms with Gasteiger partial charge in [0.1, 0.15) is 0 Å². The number of carbonyl (C=O) groups excluding carboxylic acids is 1. The molecule has 2 heteroatoms. The Hall–Kier alpha value is -0.530. The molecule has 0 heterocycles. The molecule has 0 radical (unpaired) electrons. The van der Waals surface area contributed by atoms with Crippen LogP contribution in [0.1, 0.15) is 64.7 Å². The molecule has 92 valence electrons. The Morgan fingerprint density at radius 3 is 2.25 bits per heavy atom. The van der Waals surface area contributed by atoms with Crippen molar-refractivity contribution in [2.45, 2.75) is 70.8 Å². The summed E-state index contributed by atoms with van der Waals surface area (Å²) < 4.78 is 0. The minimum absolute atomic E-state index is 0.160. The summed E-state index contributed by atoms with van der Waals surface area (Å²) >= 11 is 0. The van der Waals surface area contributed by atoms with Gasteiger partial charge in [-0.1, -0.05) is 44.9 Å². The molecule has 0 bridgehead atoms. The Balaban J connectivity index is 1.94. The van der Waals surface area contributed by atoms with Gasteiger partial charge in [-0.25, -0.2) is 0 Å². The van der Waals surface area contributed by atoms with Crippen LogP contribution in [0.25, 0.3) is 0 Å². The van der Waals surface area contributed by atoms with E-state index in [9.17, 15) is 4.79 Å². The van der Waals surface area contributed by atoms with E-state index in [1.807, 2.05) is 0 Å². The minimum Gasteiger partial charge on any atom is -0.353 e. The predicted octanol–water partition coefficient (Wildman–Crippen LogP) is 3.26. The molecule has 2 fully saturated rings.